The van der Waals surface area contributed by atoms with E-state index in [0.717, 1.165) is 29.3 Å². The van der Waals surface area contributed by atoms with Gasteiger partial charge in [-0.15, -0.1) is 0 Å². The lowest BCUT2D eigenvalue weighted by Crippen LogP contribution is -2.48. The molecule has 9 nitrogen and oxygen atoms in total. The number of para-hydroxylation sites is 2. The van der Waals surface area contributed by atoms with Gasteiger partial charge in [0.25, 0.3) is 5.91 Å². The molecule has 4 rings (SSSR count). The first-order valence-electron chi connectivity index (χ1n) is 10.3. The molecular weight excluding hydrogens is 406 g/mol. The first kappa shape index (κ1) is 21.1. The number of H-pyrrole nitrogens is 1. The van der Waals surface area contributed by atoms with Gasteiger partial charge >= 0.3 is 0 Å². The largest absolute Gasteiger partial charge is 0.378 e. The molecule has 0 spiro atoms. The second-order valence-electron chi connectivity index (χ2n) is 7.55. The summed E-state index contributed by atoms with van der Waals surface area (Å²) < 4.78 is 0. The van der Waals surface area contributed by atoms with Gasteiger partial charge in [0.2, 0.25) is 5.91 Å². The molecule has 1 saturated heterocycles. The van der Waals surface area contributed by atoms with Crippen LogP contribution in [0.1, 0.15) is 16.1 Å². The third-order valence-electron chi connectivity index (χ3n) is 5.37. The molecule has 0 radical (unpaired) electrons. The number of aromatic amines is 1. The Bertz CT molecular complexity index is 1120. The van der Waals surface area contributed by atoms with Crippen molar-refractivity contribution in [2.45, 2.75) is 6.54 Å². The van der Waals surface area contributed by atoms with E-state index in [1.807, 2.05) is 41.3 Å². The topological polar surface area (TPSA) is 106 Å². The van der Waals surface area contributed by atoms with Gasteiger partial charge in [0.05, 0.1) is 30.2 Å². The average Bonchev–Trinajstić information content (AvgIpc) is 3.27. The van der Waals surface area contributed by atoms with Crippen molar-refractivity contribution in [3.8, 4) is 0 Å². The third kappa shape index (κ3) is 4.77. The van der Waals surface area contributed by atoms with Crippen molar-refractivity contribution in [2.75, 3.05) is 42.2 Å². The molecule has 2 heterocycles. The molecule has 0 saturated carbocycles. The number of hydrogen-bond acceptors (Lipinski definition) is 6. The zero-order chi connectivity index (χ0) is 22.5. The number of anilines is 3. The highest BCUT2D eigenvalue weighted by atomic mass is 16.2. The number of carbonyl (C=O) groups excluding carboxylic acids is 2. The molecule has 9 heteroatoms. The number of aromatic nitrogens is 2. The molecule has 0 aliphatic carbocycles. The van der Waals surface area contributed by atoms with Crippen LogP contribution in [0.5, 0.6) is 0 Å². The van der Waals surface area contributed by atoms with Gasteiger partial charge in [-0.05, 0) is 43.1 Å². The summed E-state index contributed by atoms with van der Waals surface area (Å²) in [6, 6.07) is 16.6. The number of hydrogen-bond donors (Lipinski definition) is 3. The van der Waals surface area contributed by atoms with Crippen LogP contribution in [0.3, 0.4) is 0 Å². The van der Waals surface area contributed by atoms with Crippen LogP contribution in [-0.2, 0) is 11.3 Å². The van der Waals surface area contributed by atoms with Crippen molar-refractivity contribution in [3.05, 3.63) is 65.9 Å². The van der Waals surface area contributed by atoms with Gasteiger partial charge in [0.1, 0.15) is 0 Å². The van der Waals surface area contributed by atoms with E-state index in [1.54, 1.807) is 30.1 Å². The van der Waals surface area contributed by atoms with E-state index in [1.165, 1.54) is 0 Å². The monoisotopic (exact) mass is 431 g/mol. The van der Waals surface area contributed by atoms with Crippen molar-refractivity contribution in [1.82, 2.24) is 15.1 Å². The highest BCUT2D eigenvalue weighted by Crippen LogP contribution is 2.24. The van der Waals surface area contributed by atoms with E-state index in [2.05, 4.69) is 32.5 Å². The van der Waals surface area contributed by atoms with E-state index in [9.17, 15) is 9.59 Å². The number of carbonyl (C=O) groups is 2. The van der Waals surface area contributed by atoms with Gasteiger partial charge in [-0.2, -0.15) is 5.10 Å². The first-order valence-corrected chi connectivity index (χ1v) is 10.3. The fourth-order valence-corrected chi connectivity index (χ4v) is 3.46. The minimum atomic E-state index is -0.252. The Morgan fingerprint density at radius 1 is 1.19 bits per heavy atom. The van der Waals surface area contributed by atoms with Crippen LogP contribution in [0.4, 0.5) is 22.9 Å². The number of nitrogens with one attached hydrogen (secondary N) is 3. The van der Waals surface area contributed by atoms with Crippen LogP contribution in [0.25, 0.3) is 0 Å². The number of likely N-dealkylation sites (N-methyl/N-ethyl adjacent to an activating group) is 1. The highest BCUT2D eigenvalue weighted by molar-refractivity contribution is 6.04. The number of nitrogens with zero attached hydrogens (tertiary/aromatic N) is 4. The average molecular weight is 432 g/mol. The number of benzene rings is 2. The molecule has 3 aromatic rings. The number of piperazine rings is 1. The summed E-state index contributed by atoms with van der Waals surface area (Å²) >= 11 is 0. The van der Waals surface area contributed by atoms with E-state index in [-0.39, 0.29) is 11.8 Å². The van der Waals surface area contributed by atoms with Crippen molar-refractivity contribution >= 4 is 41.4 Å². The Labute approximate surface area is 186 Å². The minimum Gasteiger partial charge on any atom is -0.378 e. The van der Waals surface area contributed by atoms with Crippen molar-refractivity contribution < 1.29 is 9.59 Å². The maximum absolute atomic E-state index is 12.6. The molecule has 1 fully saturated rings. The maximum Gasteiger partial charge on any atom is 0.256 e. The van der Waals surface area contributed by atoms with Crippen LogP contribution in [0, 0.1) is 0 Å². The molecule has 0 unspecified atom stereocenters. The van der Waals surface area contributed by atoms with Crippen LogP contribution in [0.2, 0.25) is 0 Å². The molecule has 0 bridgehead atoms. The highest BCUT2D eigenvalue weighted by Gasteiger charge is 2.21. The molecular formula is C23H25N7O2. The van der Waals surface area contributed by atoms with E-state index < -0.39 is 0 Å². The Kier molecular flexibility index (Phi) is 6.16. The lowest BCUT2D eigenvalue weighted by atomic mass is 10.1. The SMILES string of the molecule is C=Nc1ccccc1NCc1cc(NC(=O)c2ccc(N3CCN(C)C(=O)C3)cc2)n[nH]1. The molecule has 3 N–H and O–H groups in total. The van der Waals surface area contributed by atoms with Gasteiger partial charge in [-0.3, -0.25) is 19.7 Å². The number of amides is 2. The summed E-state index contributed by atoms with van der Waals surface area (Å²) in [5.41, 5.74) is 3.89. The van der Waals surface area contributed by atoms with Crippen LogP contribution < -0.4 is 15.5 Å². The third-order valence-corrected chi connectivity index (χ3v) is 5.37. The van der Waals surface area contributed by atoms with Crippen LogP contribution in [-0.4, -0.2) is 60.3 Å². The summed E-state index contributed by atoms with van der Waals surface area (Å²) in [7, 11) is 1.81. The second-order valence-corrected chi connectivity index (χ2v) is 7.55. The van der Waals surface area contributed by atoms with Gasteiger partial charge in [0.15, 0.2) is 5.82 Å². The molecule has 1 aromatic heterocycles. The summed E-state index contributed by atoms with van der Waals surface area (Å²) in [4.78, 5) is 32.2. The fraction of sp³-hybridized carbons (Fsp3) is 0.217. The zero-order valence-corrected chi connectivity index (χ0v) is 17.8. The summed E-state index contributed by atoms with van der Waals surface area (Å²) in [5.74, 6) is 0.278. The first-order chi connectivity index (χ1) is 15.5. The van der Waals surface area contributed by atoms with E-state index in [0.29, 0.717) is 31.0 Å². The molecule has 32 heavy (non-hydrogen) atoms. The lowest BCUT2D eigenvalue weighted by molar-refractivity contribution is -0.129. The van der Waals surface area contributed by atoms with E-state index in [4.69, 9.17) is 0 Å². The van der Waals surface area contributed by atoms with E-state index >= 15 is 0 Å². The second kappa shape index (κ2) is 9.34. The summed E-state index contributed by atoms with van der Waals surface area (Å²) in [6.45, 7) is 5.87. The van der Waals surface area contributed by atoms with Gasteiger partial charge in [-0.25, -0.2) is 0 Å². The Hall–Kier alpha value is -4.14. The summed E-state index contributed by atoms with van der Waals surface area (Å²) in [5, 5.41) is 13.1. The van der Waals surface area contributed by atoms with Crippen molar-refractivity contribution in [1.29, 1.82) is 0 Å². The van der Waals surface area contributed by atoms with Crippen molar-refractivity contribution in [3.63, 3.8) is 0 Å². The molecule has 1 aliphatic rings. The predicted octanol–water partition coefficient (Wildman–Crippen LogP) is 2.88. The van der Waals surface area contributed by atoms with Crippen LogP contribution in [0.15, 0.2) is 59.6 Å². The minimum absolute atomic E-state index is 0.0890. The van der Waals surface area contributed by atoms with Crippen molar-refractivity contribution in [2.24, 2.45) is 4.99 Å². The Morgan fingerprint density at radius 2 is 1.97 bits per heavy atom. The lowest BCUT2D eigenvalue weighted by Gasteiger charge is -2.33. The fourth-order valence-electron chi connectivity index (χ4n) is 3.46. The molecule has 164 valence electrons. The smallest absolute Gasteiger partial charge is 0.256 e. The maximum atomic E-state index is 12.6. The Morgan fingerprint density at radius 3 is 2.72 bits per heavy atom. The number of aliphatic imine (C=N–C) groups is 1. The molecule has 1 aliphatic heterocycles. The van der Waals surface area contributed by atoms with Gasteiger partial charge in [-0.1, -0.05) is 12.1 Å². The standard InChI is InChI=1S/C23H25N7O2/c1-24-19-5-3-4-6-20(19)25-14-17-13-21(28-27-17)26-23(32)16-7-9-18(10-8-16)30-12-11-29(2)22(31)15-30/h3-10,13,25H,1,11-12,14-15H2,2H3,(H2,26,27,28,32). The normalized spacial score (nSPS) is 13.7. The Balaban J connectivity index is 1.34. The quantitative estimate of drug-likeness (QED) is 0.499. The van der Waals surface area contributed by atoms with Crippen LogP contribution >= 0.6 is 0 Å². The molecule has 2 amide bonds. The molecule has 0 atom stereocenters. The predicted molar refractivity (Wildman–Crippen MR) is 126 cm³/mol. The number of rotatable bonds is 7. The van der Waals surface area contributed by atoms with Gasteiger partial charge in [0, 0.05) is 37.5 Å². The van der Waals surface area contributed by atoms with Gasteiger partial charge < -0.3 is 20.4 Å². The summed E-state index contributed by atoms with van der Waals surface area (Å²) in [6.07, 6.45) is 0. The molecule has 2 aromatic carbocycles. The zero-order valence-electron chi connectivity index (χ0n) is 17.8.